The summed E-state index contributed by atoms with van der Waals surface area (Å²) in [5.74, 6) is -0.0536. The molecule has 0 aliphatic rings. The van der Waals surface area contributed by atoms with Crippen LogP contribution in [0.25, 0.3) is 0 Å². The van der Waals surface area contributed by atoms with Gasteiger partial charge < -0.3 is 20.8 Å². The normalized spacial score (nSPS) is 10.1. The van der Waals surface area contributed by atoms with Crippen LogP contribution in [0.4, 0.5) is 0 Å². The number of carbonyl (C=O) groups is 2. The summed E-state index contributed by atoms with van der Waals surface area (Å²) >= 11 is 3.91. The zero-order valence-corrected chi connectivity index (χ0v) is 9.17. The van der Waals surface area contributed by atoms with Crippen LogP contribution in [0.1, 0.15) is 12.8 Å². The lowest BCUT2D eigenvalue weighted by Gasteiger charge is -2.06. The average Bonchev–Trinajstić information content (AvgIpc) is 2.20. The number of nitrogens with one attached hydrogen (secondary N) is 2. The molecular weight excluding hydrogens is 220 g/mol. The van der Waals surface area contributed by atoms with Crippen molar-refractivity contribution < 1.29 is 19.8 Å². The van der Waals surface area contributed by atoms with Crippen LogP contribution in [0.15, 0.2) is 0 Å². The first kappa shape index (κ1) is 14.2. The van der Waals surface area contributed by atoms with Gasteiger partial charge in [0.05, 0.1) is 6.54 Å². The number of hydrogen-bond acceptors (Lipinski definition) is 5. The zero-order valence-electron chi connectivity index (χ0n) is 8.27. The van der Waals surface area contributed by atoms with Gasteiger partial charge in [-0.2, -0.15) is 12.6 Å². The molecule has 0 atom stereocenters. The minimum atomic E-state index is -1.56. The lowest BCUT2D eigenvalue weighted by molar-refractivity contribution is -0.127. The molecule has 4 N–H and O–H groups in total. The van der Waals surface area contributed by atoms with Crippen molar-refractivity contribution in [3.8, 4) is 0 Å². The van der Waals surface area contributed by atoms with E-state index in [0.29, 0.717) is 12.3 Å². The third kappa shape index (κ3) is 9.51. The Morgan fingerprint density at radius 3 is 2.13 bits per heavy atom. The Labute approximate surface area is 93.5 Å². The molecule has 2 amide bonds. The van der Waals surface area contributed by atoms with E-state index in [0.717, 1.165) is 0 Å². The van der Waals surface area contributed by atoms with Gasteiger partial charge in [-0.3, -0.25) is 9.59 Å². The van der Waals surface area contributed by atoms with Crippen molar-refractivity contribution >= 4 is 24.4 Å². The Kier molecular flexibility index (Phi) is 8.06. The minimum absolute atomic E-state index is 0.0329. The fraction of sp³-hybridized carbons (Fsp3) is 0.750. The molecule has 0 unspecified atom stereocenters. The maximum Gasteiger partial charge on any atom is 0.220 e. The summed E-state index contributed by atoms with van der Waals surface area (Å²) in [5.41, 5.74) is 0. The van der Waals surface area contributed by atoms with Crippen LogP contribution in [0.5, 0.6) is 0 Å². The summed E-state index contributed by atoms with van der Waals surface area (Å²) in [7, 11) is 0. The average molecular weight is 236 g/mol. The fourth-order valence-electron chi connectivity index (χ4n) is 0.804. The van der Waals surface area contributed by atoms with Gasteiger partial charge in [-0.1, -0.05) is 0 Å². The van der Waals surface area contributed by atoms with Crippen molar-refractivity contribution in [3.63, 3.8) is 0 Å². The highest BCUT2D eigenvalue weighted by molar-refractivity contribution is 7.80. The van der Waals surface area contributed by atoms with E-state index in [1.165, 1.54) is 0 Å². The van der Waals surface area contributed by atoms with Gasteiger partial charge >= 0.3 is 0 Å². The Morgan fingerprint density at radius 2 is 1.67 bits per heavy atom. The van der Waals surface area contributed by atoms with Gasteiger partial charge in [0.25, 0.3) is 0 Å². The lowest BCUT2D eigenvalue weighted by atomic mass is 10.3. The van der Waals surface area contributed by atoms with E-state index in [9.17, 15) is 9.59 Å². The number of hydrogen-bond donors (Lipinski definition) is 5. The molecule has 0 radical (unpaired) electrons. The highest BCUT2D eigenvalue weighted by Gasteiger charge is 2.06. The predicted molar refractivity (Wildman–Crippen MR) is 57.3 cm³/mol. The molecule has 15 heavy (non-hydrogen) atoms. The van der Waals surface area contributed by atoms with Gasteiger partial charge in [0.2, 0.25) is 11.8 Å². The first-order valence-electron chi connectivity index (χ1n) is 4.56. The summed E-state index contributed by atoms with van der Waals surface area (Å²) < 4.78 is 0. The largest absolute Gasteiger partial charge is 0.367 e. The molecule has 88 valence electrons. The topological polar surface area (TPSA) is 98.7 Å². The van der Waals surface area contributed by atoms with Crippen LogP contribution in [0.3, 0.4) is 0 Å². The van der Waals surface area contributed by atoms with Gasteiger partial charge in [-0.25, -0.2) is 0 Å². The Bertz CT molecular complexity index is 211. The SMILES string of the molecule is O=C(CCC(=O)NCC(O)O)NCCS. The van der Waals surface area contributed by atoms with Gasteiger partial charge in [-0.15, -0.1) is 0 Å². The molecule has 0 aromatic carbocycles. The van der Waals surface area contributed by atoms with Gasteiger partial charge in [0.1, 0.15) is 0 Å². The summed E-state index contributed by atoms with van der Waals surface area (Å²) in [6.07, 6.45) is -1.45. The standard InChI is InChI=1S/C8H16N2O4S/c11-6(9-3-4-15)1-2-7(12)10-5-8(13)14/h8,13-15H,1-5H2,(H,9,11)(H,10,12). The third-order valence-electron chi connectivity index (χ3n) is 1.49. The quantitative estimate of drug-likeness (QED) is 0.267. The first-order valence-corrected chi connectivity index (χ1v) is 5.20. The van der Waals surface area contributed by atoms with Gasteiger partial charge in [-0.05, 0) is 0 Å². The molecule has 0 spiro atoms. The maximum atomic E-state index is 11.0. The predicted octanol–water partition coefficient (Wildman–Crippen LogP) is -1.76. The van der Waals surface area contributed by atoms with Crippen LogP contribution in [-0.4, -0.2) is 47.2 Å². The molecule has 0 aromatic heterocycles. The Hall–Kier alpha value is -0.790. The van der Waals surface area contributed by atoms with E-state index in [1.54, 1.807) is 0 Å². The van der Waals surface area contributed by atoms with E-state index in [2.05, 4.69) is 23.3 Å². The summed E-state index contributed by atoms with van der Waals surface area (Å²) in [5, 5.41) is 21.7. The molecule has 0 heterocycles. The van der Waals surface area contributed by atoms with E-state index in [-0.39, 0.29) is 31.2 Å². The molecule has 0 saturated heterocycles. The molecule has 0 aliphatic carbocycles. The highest BCUT2D eigenvalue weighted by atomic mass is 32.1. The van der Waals surface area contributed by atoms with E-state index < -0.39 is 6.29 Å². The molecule has 0 bridgehead atoms. The second-order valence-corrected chi connectivity index (χ2v) is 3.31. The first-order chi connectivity index (χ1) is 7.06. The number of thiol groups is 1. The molecule has 0 rings (SSSR count). The van der Waals surface area contributed by atoms with Crippen molar-refractivity contribution in [1.29, 1.82) is 0 Å². The fourth-order valence-corrected chi connectivity index (χ4v) is 0.916. The number of rotatable bonds is 7. The van der Waals surface area contributed by atoms with Crippen LogP contribution in [0, 0.1) is 0 Å². The molecule has 7 heteroatoms. The number of aliphatic hydroxyl groups is 2. The second-order valence-electron chi connectivity index (χ2n) is 2.86. The van der Waals surface area contributed by atoms with E-state index in [1.807, 2.05) is 0 Å². The monoisotopic (exact) mass is 236 g/mol. The molecular formula is C8H16N2O4S. The van der Waals surface area contributed by atoms with Crippen molar-refractivity contribution in [2.24, 2.45) is 0 Å². The number of carbonyl (C=O) groups excluding carboxylic acids is 2. The summed E-state index contributed by atoms with van der Waals surface area (Å²) in [4.78, 5) is 22.0. The summed E-state index contributed by atoms with van der Waals surface area (Å²) in [6.45, 7) is 0.246. The lowest BCUT2D eigenvalue weighted by Crippen LogP contribution is -2.33. The molecule has 0 fully saturated rings. The van der Waals surface area contributed by atoms with Crippen molar-refractivity contribution in [2.45, 2.75) is 19.1 Å². The van der Waals surface area contributed by atoms with Crippen LogP contribution < -0.4 is 10.6 Å². The van der Waals surface area contributed by atoms with E-state index in [4.69, 9.17) is 10.2 Å². The molecule has 0 aromatic rings. The third-order valence-corrected chi connectivity index (χ3v) is 1.72. The van der Waals surface area contributed by atoms with Crippen molar-refractivity contribution in [3.05, 3.63) is 0 Å². The summed E-state index contributed by atoms with van der Waals surface area (Å²) in [6, 6.07) is 0. The smallest absolute Gasteiger partial charge is 0.220 e. The Balaban J connectivity index is 3.49. The van der Waals surface area contributed by atoms with Gasteiger partial charge in [0, 0.05) is 25.1 Å². The van der Waals surface area contributed by atoms with Crippen molar-refractivity contribution in [2.75, 3.05) is 18.8 Å². The van der Waals surface area contributed by atoms with Crippen molar-refractivity contribution in [1.82, 2.24) is 10.6 Å². The maximum absolute atomic E-state index is 11.0. The molecule has 6 nitrogen and oxygen atoms in total. The van der Waals surface area contributed by atoms with E-state index >= 15 is 0 Å². The number of aliphatic hydroxyl groups excluding tert-OH is 1. The van der Waals surface area contributed by atoms with Gasteiger partial charge in [0.15, 0.2) is 6.29 Å². The highest BCUT2D eigenvalue weighted by Crippen LogP contribution is 1.89. The number of amides is 2. The van der Waals surface area contributed by atoms with Crippen LogP contribution in [-0.2, 0) is 9.59 Å². The minimum Gasteiger partial charge on any atom is -0.367 e. The molecule has 0 aliphatic heterocycles. The zero-order chi connectivity index (χ0) is 11.7. The second kappa shape index (κ2) is 8.51. The molecule has 0 saturated carbocycles. The van der Waals surface area contributed by atoms with Crippen LogP contribution >= 0.6 is 12.6 Å². The van der Waals surface area contributed by atoms with Crippen LogP contribution in [0.2, 0.25) is 0 Å². The Morgan fingerprint density at radius 1 is 1.13 bits per heavy atom.